The molecule has 206 valence electrons. The molecular weight excluding hydrogens is 577 g/mol. The number of nitrogens with zero attached hydrogens (tertiary/aromatic N) is 1. The number of pyridine rings is 1. The van der Waals surface area contributed by atoms with Crippen molar-refractivity contribution in [2.45, 2.75) is 46.1 Å². The third-order valence-electron chi connectivity index (χ3n) is 5.46. The zero-order chi connectivity index (χ0) is 28.0. The molecule has 38 heavy (non-hydrogen) atoms. The lowest BCUT2D eigenvalue weighted by molar-refractivity contribution is 0.0822. The SMILES string of the molecule is CC.CC(C)c1cc(Oc2c(Cl)c(F)nc(NC[P@]3(=O)OCCC(c4cccc(Cl)c4)O3)c2Cl)ccc1O. The molecule has 2 heterocycles. The first kappa shape index (κ1) is 30.5. The Kier molecular flexibility index (Phi) is 10.7. The average molecular weight is 606 g/mol. The van der Waals surface area contributed by atoms with Crippen molar-refractivity contribution in [3.05, 3.63) is 74.6 Å². The second-order valence-electron chi connectivity index (χ2n) is 8.40. The molecule has 3 aromatic rings. The van der Waals surface area contributed by atoms with E-state index < -0.39 is 24.7 Å². The van der Waals surface area contributed by atoms with Crippen LogP contribution < -0.4 is 10.1 Å². The molecule has 1 fully saturated rings. The topological polar surface area (TPSA) is 89.9 Å². The number of benzene rings is 2. The van der Waals surface area contributed by atoms with Crippen molar-refractivity contribution in [1.29, 1.82) is 0 Å². The number of ether oxygens (including phenoxy) is 1. The second kappa shape index (κ2) is 13.3. The quantitative estimate of drug-likeness (QED) is 0.205. The van der Waals surface area contributed by atoms with Crippen LogP contribution in [0.15, 0.2) is 42.5 Å². The number of nitrogens with one attached hydrogen (secondary N) is 1. The minimum Gasteiger partial charge on any atom is -0.508 e. The lowest BCUT2D eigenvalue weighted by atomic mass is 10.0. The fourth-order valence-corrected chi connectivity index (χ4v) is 5.87. The van der Waals surface area contributed by atoms with Gasteiger partial charge in [0.1, 0.15) is 27.8 Å². The van der Waals surface area contributed by atoms with E-state index in [0.29, 0.717) is 17.0 Å². The Morgan fingerprint density at radius 2 is 1.92 bits per heavy atom. The maximum Gasteiger partial charge on any atom is 0.350 e. The van der Waals surface area contributed by atoms with Crippen molar-refractivity contribution >= 4 is 48.2 Å². The third-order valence-corrected chi connectivity index (χ3v) is 8.07. The highest BCUT2D eigenvalue weighted by atomic mass is 35.5. The molecule has 2 atom stereocenters. The van der Waals surface area contributed by atoms with E-state index in [1.165, 1.54) is 12.1 Å². The van der Waals surface area contributed by atoms with Gasteiger partial charge in [0.05, 0.1) is 12.7 Å². The number of phenols is 1. The molecule has 0 amide bonds. The zero-order valence-corrected chi connectivity index (χ0v) is 24.5. The van der Waals surface area contributed by atoms with Crippen LogP contribution in [0.2, 0.25) is 15.1 Å². The third kappa shape index (κ3) is 7.32. The predicted octanol–water partition coefficient (Wildman–Crippen LogP) is 9.57. The van der Waals surface area contributed by atoms with Gasteiger partial charge in [0.25, 0.3) is 0 Å². The number of halogens is 4. The van der Waals surface area contributed by atoms with Gasteiger partial charge in [-0.05, 0) is 41.8 Å². The van der Waals surface area contributed by atoms with Crippen LogP contribution in [-0.4, -0.2) is 23.0 Å². The molecule has 1 aliphatic rings. The first-order valence-corrected chi connectivity index (χ1v) is 14.9. The van der Waals surface area contributed by atoms with Gasteiger partial charge >= 0.3 is 7.60 Å². The molecule has 0 bridgehead atoms. The highest BCUT2D eigenvalue weighted by Gasteiger charge is 2.35. The second-order valence-corrected chi connectivity index (χ2v) is 11.6. The molecule has 1 saturated heterocycles. The van der Waals surface area contributed by atoms with Crippen molar-refractivity contribution in [2.24, 2.45) is 0 Å². The van der Waals surface area contributed by atoms with Crippen molar-refractivity contribution < 1.29 is 27.8 Å². The van der Waals surface area contributed by atoms with Gasteiger partial charge in [-0.1, -0.05) is 74.6 Å². The predicted molar refractivity (Wildman–Crippen MR) is 150 cm³/mol. The maximum absolute atomic E-state index is 14.6. The highest BCUT2D eigenvalue weighted by Crippen LogP contribution is 2.56. The van der Waals surface area contributed by atoms with Gasteiger partial charge < -0.3 is 19.7 Å². The number of rotatable bonds is 7. The van der Waals surface area contributed by atoms with Gasteiger partial charge in [-0.25, -0.2) is 0 Å². The smallest absolute Gasteiger partial charge is 0.350 e. The number of aromatic hydroxyl groups is 1. The van der Waals surface area contributed by atoms with Crippen molar-refractivity contribution in [2.75, 3.05) is 18.2 Å². The van der Waals surface area contributed by atoms with E-state index in [4.69, 9.17) is 48.6 Å². The molecule has 0 aliphatic carbocycles. The normalized spacial score (nSPS) is 19.0. The van der Waals surface area contributed by atoms with Crippen LogP contribution in [0.25, 0.3) is 0 Å². The number of anilines is 1. The highest BCUT2D eigenvalue weighted by molar-refractivity contribution is 7.54. The number of hydrogen-bond donors (Lipinski definition) is 2. The van der Waals surface area contributed by atoms with Gasteiger partial charge in [0.2, 0.25) is 5.95 Å². The molecule has 1 unspecified atom stereocenters. The average Bonchev–Trinajstić information content (AvgIpc) is 2.90. The van der Waals surface area contributed by atoms with Crippen LogP contribution in [0.4, 0.5) is 10.2 Å². The minimum atomic E-state index is -3.64. The van der Waals surface area contributed by atoms with Gasteiger partial charge in [-0.15, -0.1) is 0 Å². The Morgan fingerprint density at radius 1 is 1.18 bits per heavy atom. The van der Waals surface area contributed by atoms with Crippen LogP contribution >= 0.6 is 42.4 Å². The first-order valence-electron chi connectivity index (χ1n) is 12.0. The molecule has 7 nitrogen and oxygen atoms in total. The lowest BCUT2D eigenvalue weighted by Gasteiger charge is -2.30. The summed E-state index contributed by atoms with van der Waals surface area (Å²) >= 11 is 18.6. The molecule has 12 heteroatoms. The van der Waals surface area contributed by atoms with Crippen LogP contribution in [0.3, 0.4) is 0 Å². The summed E-state index contributed by atoms with van der Waals surface area (Å²) in [7, 11) is -3.64. The summed E-state index contributed by atoms with van der Waals surface area (Å²) in [5.41, 5.74) is 1.40. The summed E-state index contributed by atoms with van der Waals surface area (Å²) in [5.74, 6) is -0.978. The number of aromatic nitrogens is 1. The van der Waals surface area contributed by atoms with E-state index in [-0.39, 0.29) is 46.9 Å². The van der Waals surface area contributed by atoms with E-state index in [2.05, 4.69) is 10.3 Å². The van der Waals surface area contributed by atoms with Crippen molar-refractivity contribution in [1.82, 2.24) is 4.98 Å². The summed E-state index contributed by atoms with van der Waals surface area (Å²) < 4.78 is 44.8. The number of hydrogen-bond acceptors (Lipinski definition) is 7. The van der Waals surface area contributed by atoms with Crippen molar-refractivity contribution in [3.63, 3.8) is 0 Å². The lowest BCUT2D eigenvalue weighted by Crippen LogP contribution is -2.18. The summed E-state index contributed by atoms with van der Waals surface area (Å²) in [6.07, 6.45) is -0.324. The van der Waals surface area contributed by atoms with Crippen LogP contribution in [-0.2, 0) is 13.6 Å². The summed E-state index contributed by atoms with van der Waals surface area (Å²) in [6, 6.07) is 11.6. The summed E-state index contributed by atoms with van der Waals surface area (Å²) in [4.78, 5) is 3.73. The zero-order valence-electron chi connectivity index (χ0n) is 21.3. The van der Waals surface area contributed by atoms with Gasteiger partial charge in [0.15, 0.2) is 11.6 Å². The summed E-state index contributed by atoms with van der Waals surface area (Å²) in [5, 5.41) is 12.8. The van der Waals surface area contributed by atoms with Crippen LogP contribution in [0.1, 0.15) is 57.3 Å². The van der Waals surface area contributed by atoms with E-state index >= 15 is 0 Å². The Morgan fingerprint density at radius 3 is 2.61 bits per heavy atom. The van der Waals surface area contributed by atoms with Crippen LogP contribution in [0.5, 0.6) is 17.2 Å². The van der Waals surface area contributed by atoms with Gasteiger partial charge in [0, 0.05) is 17.0 Å². The van der Waals surface area contributed by atoms with Gasteiger partial charge in [-0.3, -0.25) is 9.09 Å². The fraction of sp³-hybridized carbons (Fsp3) is 0.346. The molecule has 4 rings (SSSR count). The first-order chi connectivity index (χ1) is 18.1. The van der Waals surface area contributed by atoms with E-state index in [1.54, 1.807) is 24.3 Å². The monoisotopic (exact) mass is 604 g/mol. The Balaban J connectivity index is 0.00000195. The minimum absolute atomic E-state index is 0.00865. The summed E-state index contributed by atoms with van der Waals surface area (Å²) in [6.45, 7) is 8.00. The van der Waals surface area contributed by atoms with E-state index in [0.717, 1.165) is 5.56 Å². The Labute approximate surface area is 236 Å². The molecular formula is C26H29Cl3FN2O5P. The van der Waals surface area contributed by atoms with Crippen molar-refractivity contribution in [3.8, 4) is 17.2 Å². The molecule has 1 aromatic heterocycles. The molecule has 0 radical (unpaired) electrons. The molecule has 2 aromatic carbocycles. The molecule has 1 aliphatic heterocycles. The van der Waals surface area contributed by atoms with E-state index in [9.17, 15) is 14.1 Å². The number of phenolic OH excluding ortho intramolecular Hbond substituents is 1. The van der Waals surface area contributed by atoms with Gasteiger partial charge in [-0.2, -0.15) is 9.37 Å². The Bertz CT molecular complexity index is 1330. The van der Waals surface area contributed by atoms with Crippen LogP contribution in [0, 0.1) is 5.95 Å². The standard InChI is InChI=1S/C24H23Cl3FN2O5P.C2H6/c1-13(2)17-11-16(6-7-18(17)31)34-22-20(26)23(28)30-24(21(22)27)29-12-36(32)33-9-8-19(35-36)14-4-3-5-15(25)10-14;1-2/h3-7,10-11,13,19,31H,8-9,12H2,1-2H3,(H,29,30);1-2H3/t19?,36-;/m0./s1. The largest absolute Gasteiger partial charge is 0.508 e. The molecule has 2 N–H and O–H groups in total. The fourth-order valence-electron chi connectivity index (χ4n) is 3.64. The molecule has 0 spiro atoms. The Hall–Kier alpha value is -2.06. The molecule has 0 saturated carbocycles. The maximum atomic E-state index is 14.6. The van der Waals surface area contributed by atoms with E-state index in [1.807, 2.05) is 33.8 Å².